The number of rotatable bonds is 8. The maximum absolute atomic E-state index is 4.23. The molecule has 0 aliphatic heterocycles. The highest BCUT2D eigenvalue weighted by atomic mass is 32.2. The van der Waals surface area contributed by atoms with Gasteiger partial charge in [-0.3, -0.25) is 0 Å². The third-order valence-electron chi connectivity index (χ3n) is 4.09. The molecule has 5 nitrogen and oxygen atoms in total. The Morgan fingerprint density at radius 1 is 1.35 bits per heavy atom. The molecule has 1 N–H and O–H groups in total. The van der Waals surface area contributed by atoms with Crippen LogP contribution >= 0.6 is 11.8 Å². The van der Waals surface area contributed by atoms with Gasteiger partial charge in [0.05, 0.1) is 6.04 Å². The fourth-order valence-electron chi connectivity index (χ4n) is 2.86. The fraction of sp³-hybridized carbons (Fsp3) is 0.929. The van der Waals surface area contributed by atoms with Gasteiger partial charge in [-0.05, 0) is 42.7 Å². The Labute approximate surface area is 126 Å². The molecule has 20 heavy (non-hydrogen) atoms. The zero-order valence-corrected chi connectivity index (χ0v) is 13.7. The van der Waals surface area contributed by atoms with Crippen molar-refractivity contribution >= 4 is 11.8 Å². The van der Waals surface area contributed by atoms with Crippen LogP contribution in [-0.2, 0) is 0 Å². The molecule has 0 amide bonds. The van der Waals surface area contributed by atoms with Crippen LogP contribution in [0.4, 0.5) is 0 Å². The lowest BCUT2D eigenvalue weighted by Gasteiger charge is -2.23. The quantitative estimate of drug-likeness (QED) is 0.747. The third kappa shape index (κ3) is 3.95. The number of hydrogen-bond donors (Lipinski definition) is 1. The molecule has 1 fully saturated rings. The Kier molecular flexibility index (Phi) is 6.29. The monoisotopic (exact) mass is 297 g/mol. The molecule has 0 bridgehead atoms. The van der Waals surface area contributed by atoms with Gasteiger partial charge in [-0.1, -0.05) is 45.4 Å². The molecule has 1 aliphatic rings. The zero-order valence-electron chi connectivity index (χ0n) is 12.9. The van der Waals surface area contributed by atoms with Crippen LogP contribution in [0.2, 0.25) is 0 Å². The van der Waals surface area contributed by atoms with Crippen molar-refractivity contribution < 1.29 is 0 Å². The topological polar surface area (TPSA) is 55.6 Å². The molecule has 2 unspecified atom stereocenters. The van der Waals surface area contributed by atoms with Crippen LogP contribution in [0.1, 0.15) is 65.3 Å². The molecule has 1 aliphatic carbocycles. The van der Waals surface area contributed by atoms with E-state index in [9.17, 15) is 0 Å². The normalized spacial score (nSPS) is 19.4. The summed E-state index contributed by atoms with van der Waals surface area (Å²) in [7, 11) is 0. The smallest absolute Gasteiger partial charge is 0.209 e. The van der Waals surface area contributed by atoms with Crippen molar-refractivity contribution in [2.45, 2.75) is 81.8 Å². The van der Waals surface area contributed by atoms with Crippen molar-refractivity contribution in [3.63, 3.8) is 0 Å². The standard InChI is InChI=1S/C14H27N5S/c1-4-10-15-13(5-2)11(3)20-14-16-17-18-19(14)12-8-6-7-9-12/h11-13,15H,4-10H2,1-3H3. The summed E-state index contributed by atoms with van der Waals surface area (Å²) in [6.45, 7) is 7.80. The molecular formula is C14H27N5S. The molecule has 1 aromatic heterocycles. The summed E-state index contributed by atoms with van der Waals surface area (Å²) in [6, 6.07) is 1.04. The lowest BCUT2D eigenvalue weighted by molar-refractivity contribution is 0.421. The van der Waals surface area contributed by atoms with Crippen LogP contribution < -0.4 is 5.32 Å². The highest BCUT2D eigenvalue weighted by Gasteiger charge is 2.24. The number of tetrazole rings is 1. The molecule has 2 atom stereocenters. The molecule has 0 spiro atoms. The van der Waals surface area contributed by atoms with Gasteiger partial charge in [0.2, 0.25) is 5.16 Å². The van der Waals surface area contributed by atoms with Crippen molar-refractivity contribution in [3.05, 3.63) is 0 Å². The van der Waals surface area contributed by atoms with Crippen LogP contribution in [0.25, 0.3) is 0 Å². The first-order valence-corrected chi connectivity index (χ1v) is 8.82. The largest absolute Gasteiger partial charge is 0.313 e. The maximum atomic E-state index is 4.23. The minimum Gasteiger partial charge on any atom is -0.313 e. The molecule has 6 heteroatoms. The second-order valence-electron chi connectivity index (χ2n) is 5.64. The summed E-state index contributed by atoms with van der Waals surface area (Å²) in [5.41, 5.74) is 0. The summed E-state index contributed by atoms with van der Waals surface area (Å²) in [4.78, 5) is 0. The summed E-state index contributed by atoms with van der Waals surface area (Å²) in [5.74, 6) is 0. The van der Waals surface area contributed by atoms with Gasteiger partial charge in [-0.2, -0.15) is 0 Å². The van der Waals surface area contributed by atoms with E-state index in [2.05, 4.69) is 46.3 Å². The Balaban J connectivity index is 1.96. The SMILES string of the molecule is CCCNC(CC)C(C)Sc1nnnn1C1CCCC1. The predicted molar refractivity (Wildman–Crippen MR) is 83.0 cm³/mol. The number of hydrogen-bond acceptors (Lipinski definition) is 5. The lowest BCUT2D eigenvalue weighted by atomic mass is 10.1. The van der Waals surface area contributed by atoms with E-state index in [4.69, 9.17) is 0 Å². The average molecular weight is 297 g/mol. The minimum atomic E-state index is 0.484. The Morgan fingerprint density at radius 3 is 2.75 bits per heavy atom. The molecule has 1 heterocycles. The van der Waals surface area contributed by atoms with Crippen LogP contribution in [0, 0.1) is 0 Å². The van der Waals surface area contributed by atoms with Crippen LogP contribution in [0.15, 0.2) is 5.16 Å². The first kappa shape index (κ1) is 15.8. The second-order valence-corrected chi connectivity index (χ2v) is 6.98. The molecular weight excluding hydrogens is 270 g/mol. The summed E-state index contributed by atoms with van der Waals surface area (Å²) < 4.78 is 2.06. The van der Waals surface area contributed by atoms with Gasteiger partial charge in [0.1, 0.15) is 0 Å². The third-order valence-corrected chi connectivity index (χ3v) is 5.27. The molecule has 1 saturated carbocycles. The van der Waals surface area contributed by atoms with Gasteiger partial charge >= 0.3 is 0 Å². The van der Waals surface area contributed by atoms with Crippen molar-refractivity contribution in [1.82, 2.24) is 25.5 Å². The highest BCUT2D eigenvalue weighted by Crippen LogP contribution is 2.33. The Bertz CT molecular complexity index is 389. The van der Waals surface area contributed by atoms with Crippen molar-refractivity contribution in [1.29, 1.82) is 0 Å². The van der Waals surface area contributed by atoms with Gasteiger partial charge in [0.15, 0.2) is 0 Å². The van der Waals surface area contributed by atoms with Crippen LogP contribution in [-0.4, -0.2) is 38.0 Å². The van der Waals surface area contributed by atoms with E-state index in [0.29, 0.717) is 17.3 Å². The van der Waals surface area contributed by atoms with E-state index < -0.39 is 0 Å². The number of aromatic nitrogens is 4. The van der Waals surface area contributed by atoms with Gasteiger partial charge in [-0.25, -0.2) is 4.68 Å². The summed E-state index contributed by atoms with van der Waals surface area (Å²) >= 11 is 1.81. The van der Waals surface area contributed by atoms with E-state index >= 15 is 0 Å². The molecule has 114 valence electrons. The van der Waals surface area contributed by atoms with Crippen molar-refractivity contribution in [3.8, 4) is 0 Å². The number of nitrogens with zero attached hydrogens (tertiary/aromatic N) is 4. The van der Waals surface area contributed by atoms with Crippen LogP contribution in [0.3, 0.4) is 0 Å². The minimum absolute atomic E-state index is 0.484. The van der Waals surface area contributed by atoms with E-state index in [1.54, 1.807) is 0 Å². The first-order chi connectivity index (χ1) is 9.76. The zero-order chi connectivity index (χ0) is 14.4. The van der Waals surface area contributed by atoms with E-state index in [0.717, 1.165) is 18.1 Å². The Morgan fingerprint density at radius 2 is 2.10 bits per heavy atom. The fourth-order valence-corrected chi connectivity index (χ4v) is 4.02. The van der Waals surface area contributed by atoms with Gasteiger partial charge < -0.3 is 5.32 Å². The molecule has 0 saturated heterocycles. The van der Waals surface area contributed by atoms with Gasteiger partial charge in [0, 0.05) is 11.3 Å². The molecule has 0 radical (unpaired) electrons. The molecule has 0 aromatic carbocycles. The molecule has 1 aromatic rings. The average Bonchev–Trinajstić information content (AvgIpc) is 3.09. The molecule has 2 rings (SSSR count). The summed E-state index contributed by atoms with van der Waals surface area (Å²) in [5, 5.41) is 17.4. The number of thioether (sulfide) groups is 1. The van der Waals surface area contributed by atoms with Gasteiger partial charge in [0.25, 0.3) is 0 Å². The van der Waals surface area contributed by atoms with E-state index in [-0.39, 0.29) is 0 Å². The Hall–Kier alpha value is -0.620. The summed E-state index contributed by atoms with van der Waals surface area (Å²) in [6.07, 6.45) is 7.36. The van der Waals surface area contributed by atoms with Crippen molar-refractivity contribution in [2.24, 2.45) is 0 Å². The second kappa shape index (κ2) is 7.98. The van der Waals surface area contributed by atoms with Gasteiger partial charge in [-0.15, -0.1) is 5.10 Å². The lowest BCUT2D eigenvalue weighted by Crippen LogP contribution is -2.36. The van der Waals surface area contributed by atoms with E-state index in [1.165, 1.54) is 32.1 Å². The van der Waals surface area contributed by atoms with Crippen LogP contribution in [0.5, 0.6) is 0 Å². The number of nitrogens with one attached hydrogen (secondary N) is 1. The predicted octanol–water partition coefficient (Wildman–Crippen LogP) is 3.05. The van der Waals surface area contributed by atoms with Crippen molar-refractivity contribution in [2.75, 3.05) is 6.54 Å². The first-order valence-electron chi connectivity index (χ1n) is 7.94. The highest BCUT2D eigenvalue weighted by molar-refractivity contribution is 7.99. The maximum Gasteiger partial charge on any atom is 0.209 e. The van der Waals surface area contributed by atoms with E-state index in [1.807, 2.05) is 11.8 Å².